The minimum Gasteiger partial charge on any atom is -0.494 e. The van der Waals surface area contributed by atoms with Gasteiger partial charge in [0.25, 0.3) is 0 Å². The SMILES string of the molecule is CCCCCCCCCCc1ccc(-c2ccc(OCCC(Cl)CC)cc2)nc1. The molecular weight excluding hydrogens is 378 g/mol. The van der Waals surface area contributed by atoms with Crippen LogP contribution >= 0.6 is 11.6 Å². The molecule has 3 heteroatoms. The summed E-state index contributed by atoms with van der Waals surface area (Å²) in [7, 11) is 0. The van der Waals surface area contributed by atoms with E-state index in [0.717, 1.165) is 36.3 Å². The first-order chi connectivity index (χ1) is 14.2. The Morgan fingerprint density at radius 1 is 0.862 bits per heavy atom. The van der Waals surface area contributed by atoms with Crippen LogP contribution in [-0.2, 0) is 6.42 Å². The molecule has 160 valence electrons. The number of alkyl halides is 1. The van der Waals surface area contributed by atoms with E-state index in [1.807, 2.05) is 18.3 Å². The normalized spacial score (nSPS) is 12.1. The Balaban J connectivity index is 1.69. The number of rotatable bonds is 15. The lowest BCUT2D eigenvalue weighted by molar-refractivity contribution is 0.307. The first kappa shape index (κ1) is 23.7. The Labute approximate surface area is 183 Å². The minimum absolute atomic E-state index is 0.197. The van der Waals surface area contributed by atoms with Gasteiger partial charge in [0.2, 0.25) is 0 Å². The van der Waals surface area contributed by atoms with Gasteiger partial charge >= 0.3 is 0 Å². The highest BCUT2D eigenvalue weighted by Crippen LogP contribution is 2.22. The van der Waals surface area contributed by atoms with Gasteiger partial charge in [-0.15, -0.1) is 11.6 Å². The molecule has 2 aromatic rings. The summed E-state index contributed by atoms with van der Waals surface area (Å²) in [4.78, 5) is 4.67. The van der Waals surface area contributed by atoms with Crippen molar-refractivity contribution in [3.63, 3.8) is 0 Å². The van der Waals surface area contributed by atoms with Crippen molar-refractivity contribution in [1.29, 1.82) is 0 Å². The van der Waals surface area contributed by atoms with Crippen molar-refractivity contribution in [2.45, 2.75) is 89.9 Å². The zero-order valence-corrected chi connectivity index (χ0v) is 19.1. The second kappa shape index (κ2) is 14.4. The van der Waals surface area contributed by atoms with Gasteiger partial charge in [-0.05, 0) is 61.6 Å². The van der Waals surface area contributed by atoms with Gasteiger partial charge in [0.05, 0.1) is 12.3 Å². The smallest absolute Gasteiger partial charge is 0.119 e. The average molecular weight is 416 g/mol. The third-order valence-electron chi connectivity index (χ3n) is 5.44. The molecule has 1 aromatic heterocycles. The number of hydrogen-bond acceptors (Lipinski definition) is 2. The summed E-state index contributed by atoms with van der Waals surface area (Å²) in [6.07, 6.45) is 15.9. The standard InChI is InChI=1S/C26H38ClNO/c1-3-5-6-7-8-9-10-11-12-22-13-18-26(28-21-22)23-14-16-25(17-15-23)29-20-19-24(27)4-2/h13-18,21,24H,3-12,19-20H2,1-2H3. The van der Waals surface area contributed by atoms with Crippen LogP contribution in [0, 0.1) is 0 Å². The fourth-order valence-corrected chi connectivity index (χ4v) is 3.53. The summed E-state index contributed by atoms with van der Waals surface area (Å²) in [5.41, 5.74) is 3.48. The van der Waals surface area contributed by atoms with Gasteiger partial charge in [0, 0.05) is 17.1 Å². The second-order valence-corrected chi connectivity index (χ2v) is 8.56. The van der Waals surface area contributed by atoms with Gasteiger partial charge in [-0.25, -0.2) is 0 Å². The summed E-state index contributed by atoms with van der Waals surface area (Å²) >= 11 is 6.13. The maximum atomic E-state index is 6.13. The van der Waals surface area contributed by atoms with Crippen LogP contribution in [0.3, 0.4) is 0 Å². The number of aryl methyl sites for hydroxylation is 1. The number of nitrogens with zero attached hydrogens (tertiary/aromatic N) is 1. The van der Waals surface area contributed by atoms with Gasteiger partial charge in [0.15, 0.2) is 0 Å². The molecule has 2 rings (SSSR count). The number of aromatic nitrogens is 1. The van der Waals surface area contributed by atoms with Crippen LogP contribution in [0.4, 0.5) is 0 Å². The molecule has 0 amide bonds. The van der Waals surface area contributed by atoms with E-state index in [-0.39, 0.29) is 5.38 Å². The van der Waals surface area contributed by atoms with Crippen LogP contribution in [-0.4, -0.2) is 17.0 Å². The molecular formula is C26H38ClNO. The number of pyridine rings is 1. The van der Waals surface area contributed by atoms with Crippen molar-refractivity contribution < 1.29 is 4.74 Å². The number of halogens is 1. The van der Waals surface area contributed by atoms with Gasteiger partial charge in [-0.2, -0.15) is 0 Å². The highest BCUT2D eigenvalue weighted by atomic mass is 35.5. The first-order valence-corrected chi connectivity index (χ1v) is 12.0. The molecule has 2 nitrogen and oxygen atoms in total. The number of hydrogen-bond donors (Lipinski definition) is 0. The van der Waals surface area contributed by atoms with E-state index in [1.54, 1.807) is 0 Å². The molecule has 0 saturated heterocycles. The molecule has 1 unspecified atom stereocenters. The topological polar surface area (TPSA) is 22.1 Å². The predicted octanol–water partition coefficient (Wildman–Crippen LogP) is 8.22. The fraction of sp³-hybridized carbons (Fsp3) is 0.577. The first-order valence-electron chi connectivity index (χ1n) is 11.5. The summed E-state index contributed by atoms with van der Waals surface area (Å²) in [5, 5.41) is 0.197. The van der Waals surface area contributed by atoms with E-state index in [1.165, 1.54) is 56.9 Å². The van der Waals surface area contributed by atoms with E-state index >= 15 is 0 Å². The highest BCUT2D eigenvalue weighted by molar-refractivity contribution is 6.20. The van der Waals surface area contributed by atoms with Crippen LogP contribution in [0.5, 0.6) is 5.75 Å². The average Bonchev–Trinajstić information content (AvgIpc) is 2.76. The molecule has 0 fully saturated rings. The summed E-state index contributed by atoms with van der Waals surface area (Å²) in [6, 6.07) is 12.5. The maximum absolute atomic E-state index is 6.13. The summed E-state index contributed by atoms with van der Waals surface area (Å²) < 4.78 is 5.78. The van der Waals surface area contributed by atoms with Crippen LogP contribution < -0.4 is 4.74 Å². The van der Waals surface area contributed by atoms with Gasteiger partial charge < -0.3 is 4.74 Å². The van der Waals surface area contributed by atoms with Crippen molar-refractivity contribution in [2.75, 3.05) is 6.61 Å². The molecule has 0 aliphatic rings. The van der Waals surface area contributed by atoms with E-state index in [2.05, 4.69) is 43.1 Å². The van der Waals surface area contributed by atoms with E-state index in [9.17, 15) is 0 Å². The van der Waals surface area contributed by atoms with Gasteiger partial charge in [0.1, 0.15) is 5.75 Å². The molecule has 0 saturated carbocycles. The molecule has 0 N–H and O–H groups in total. The van der Waals surface area contributed by atoms with Crippen LogP contribution in [0.15, 0.2) is 42.6 Å². The molecule has 0 radical (unpaired) electrons. The highest BCUT2D eigenvalue weighted by Gasteiger charge is 2.04. The van der Waals surface area contributed by atoms with Crippen molar-refractivity contribution in [2.24, 2.45) is 0 Å². The minimum atomic E-state index is 0.197. The Hall–Kier alpha value is -1.54. The summed E-state index contributed by atoms with van der Waals surface area (Å²) in [5.74, 6) is 0.889. The summed E-state index contributed by atoms with van der Waals surface area (Å²) in [6.45, 7) is 5.03. The zero-order valence-electron chi connectivity index (χ0n) is 18.3. The van der Waals surface area contributed by atoms with E-state index < -0.39 is 0 Å². The fourth-order valence-electron chi connectivity index (χ4n) is 3.44. The molecule has 0 aliphatic heterocycles. The van der Waals surface area contributed by atoms with Crippen molar-refractivity contribution in [3.8, 4) is 17.0 Å². The van der Waals surface area contributed by atoms with E-state index in [4.69, 9.17) is 16.3 Å². The van der Waals surface area contributed by atoms with E-state index in [0.29, 0.717) is 6.61 Å². The Morgan fingerprint density at radius 3 is 2.17 bits per heavy atom. The second-order valence-electron chi connectivity index (χ2n) is 7.94. The lowest BCUT2D eigenvalue weighted by Crippen LogP contribution is -2.05. The van der Waals surface area contributed by atoms with Crippen molar-refractivity contribution >= 4 is 11.6 Å². The maximum Gasteiger partial charge on any atom is 0.119 e. The quantitative estimate of drug-likeness (QED) is 0.216. The zero-order chi connectivity index (χ0) is 20.7. The Bertz CT molecular complexity index is 653. The Kier molecular flexibility index (Phi) is 11.8. The van der Waals surface area contributed by atoms with Gasteiger partial charge in [-0.3, -0.25) is 4.98 Å². The number of benzene rings is 1. The molecule has 0 aliphatic carbocycles. The lowest BCUT2D eigenvalue weighted by atomic mass is 10.0. The number of ether oxygens (including phenoxy) is 1. The van der Waals surface area contributed by atoms with Gasteiger partial charge in [-0.1, -0.05) is 64.9 Å². The van der Waals surface area contributed by atoms with Crippen molar-refractivity contribution in [1.82, 2.24) is 4.98 Å². The molecule has 0 spiro atoms. The predicted molar refractivity (Wildman–Crippen MR) is 126 cm³/mol. The van der Waals surface area contributed by atoms with Crippen LogP contribution in [0.25, 0.3) is 11.3 Å². The third kappa shape index (κ3) is 9.67. The molecule has 1 heterocycles. The molecule has 0 bridgehead atoms. The molecule has 1 atom stereocenters. The van der Waals surface area contributed by atoms with Crippen LogP contribution in [0.2, 0.25) is 0 Å². The van der Waals surface area contributed by atoms with Crippen LogP contribution in [0.1, 0.15) is 83.6 Å². The van der Waals surface area contributed by atoms with Crippen molar-refractivity contribution in [3.05, 3.63) is 48.2 Å². The molecule has 29 heavy (non-hydrogen) atoms. The third-order valence-corrected chi connectivity index (χ3v) is 5.96. The monoisotopic (exact) mass is 415 g/mol. The molecule has 1 aromatic carbocycles. The largest absolute Gasteiger partial charge is 0.494 e. The Morgan fingerprint density at radius 2 is 1.55 bits per heavy atom. The number of unbranched alkanes of at least 4 members (excludes halogenated alkanes) is 7. The lowest BCUT2D eigenvalue weighted by Gasteiger charge is -2.09.